The third-order valence-electron chi connectivity index (χ3n) is 30.0. The molecular weight excluding hydrogens is 1930 g/mol. The first-order valence-electron chi connectivity index (χ1n) is 50.7. The smallest absolute Gasteiger partial charge is 0.0963 e. The maximum absolute atomic E-state index is 5.12. The molecule has 0 spiro atoms. The summed E-state index contributed by atoms with van der Waals surface area (Å²) in [6.45, 7) is 24.7. The molecule has 11 nitrogen and oxygen atoms in total. The Morgan fingerprint density at radius 3 is 0.944 bits per heavy atom. The maximum Gasteiger partial charge on any atom is 0.0963 e. The van der Waals surface area contributed by atoms with E-state index in [1.54, 1.807) is 0 Å². The number of rotatable bonds is 16. The number of imidazole rings is 2. The van der Waals surface area contributed by atoms with Crippen molar-refractivity contribution in [3.63, 3.8) is 0 Å². The molecule has 0 aliphatic heterocycles. The van der Waals surface area contributed by atoms with Gasteiger partial charge in [0.05, 0.1) is 88.9 Å². The summed E-state index contributed by atoms with van der Waals surface area (Å²) in [6, 6.07) is 136. The van der Waals surface area contributed by atoms with Gasteiger partial charge in [0.25, 0.3) is 0 Å². The van der Waals surface area contributed by atoms with Crippen LogP contribution in [0.2, 0.25) is 0 Å². The van der Waals surface area contributed by atoms with Crippen LogP contribution in [0.15, 0.2) is 383 Å². The molecule has 0 bridgehead atoms. The van der Waals surface area contributed by atoms with E-state index in [1.807, 2.05) is 42.7 Å². The fourth-order valence-electron chi connectivity index (χ4n) is 22.9. The zero-order valence-electron chi connectivity index (χ0n) is 83.1. The van der Waals surface area contributed by atoms with Crippen LogP contribution in [-0.4, -0.2) is 51.6 Å². The molecule has 0 saturated heterocycles. The molecule has 705 valence electrons. The predicted octanol–water partition coefficient (Wildman–Crippen LogP) is 34.2. The second-order valence-corrected chi connectivity index (χ2v) is 39.6. The van der Waals surface area contributed by atoms with Crippen LogP contribution in [0.25, 0.3) is 215 Å². The first-order chi connectivity index (χ1) is 70.1. The number of hydrogen-bond acceptors (Lipinski definition) is 4. The third kappa shape index (κ3) is 16.0. The molecular formula is C132H111IrN11-2. The van der Waals surface area contributed by atoms with Gasteiger partial charge in [0.2, 0.25) is 0 Å². The van der Waals surface area contributed by atoms with Gasteiger partial charge in [-0.15, -0.1) is 59.3 Å². The average molecular weight is 2040 g/mol. The number of pyridine rings is 4. The Balaban J connectivity index is 0.000000109. The summed E-state index contributed by atoms with van der Waals surface area (Å²) in [7, 11) is 0. The minimum absolute atomic E-state index is 0. The fourth-order valence-corrected chi connectivity index (χ4v) is 22.9. The van der Waals surface area contributed by atoms with Gasteiger partial charge in [0, 0.05) is 139 Å². The van der Waals surface area contributed by atoms with Crippen molar-refractivity contribution in [3.05, 3.63) is 439 Å². The molecule has 27 aromatic rings. The van der Waals surface area contributed by atoms with Crippen LogP contribution in [0.3, 0.4) is 0 Å². The number of para-hydroxylation sites is 8. The van der Waals surface area contributed by atoms with Crippen molar-refractivity contribution in [1.82, 2.24) is 51.6 Å². The number of nitrogens with zero attached hydrogens (tertiary/aromatic N) is 11. The molecule has 0 N–H and O–H groups in total. The van der Waals surface area contributed by atoms with Gasteiger partial charge in [-0.1, -0.05) is 259 Å². The first-order valence-corrected chi connectivity index (χ1v) is 50.7. The molecule has 0 aliphatic rings. The van der Waals surface area contributed by atoms with Gasteiger partial charge in [0.15, 0.2) is 0 Å². The van der Waals surface area contributed by atoms with Crippen molar-refractivity contribution in [2.24, 2.45) is 17.8 Å². The molecule has 11 heterocycles. The van der Waals surface area contributed by atoms with E-state index in [4.69, 9.17) is 19.9 Å². The van der Waals surface area contributed by atoms with Crippen molar-refractivity contribution >= 4 is 164 Å². The van der Waals surface area contributed by atoms with Crippen molar-refractivity contribution in [1.29, 1.82) is 0 Å². The molecule has 3 unspecified atom stereocenters. The van der Waals surface area contributed by atoms with Crippen LogP contribution in [0.1, 0.15) is 105 Å². The number of aryl methyl sites for hydroxylation is 5. The second-order valence-electron chi connectivity index (χ2n) is 39.6. The van der Waals surface area contributed by atoms with Crippen LogP contribution in [-0.2, 0) is 39.4 Å². The predicted molar refractivity (Wildman–Crippen MR) is 602 cm³/mol. The first kappa shape index (κ1) is 91.7. The molecule has 0 aliphatic carbocycles. The zero-order chi connectivity index (χ0) is 96.9. The Hall–Kier alpha value is -16.1. The van der Waals surface area contributed by atoms with Crippen LogP contribution < -0.4 is 0 Å². The summed E-state index contributed by atoms with van der Waals surface area (Å²) in [5.41, 5.74) is 39.2. The van der Waals surface area contributed by atoms with E-state index in [1.165, 1.54) is 205 Å². The summed E-state index contributed by atoms with van der Waals surface area (Å²) < 4.78 is 16.5. The SMILES string of the molecule is CCC(C)Cc1cc(-n2c3ccccc3c3ncccc32)cc(-n2c3ccccc3c3ncccc32)c1.CCC(C)Cc1cc(C)c(-c2cn3c4ccccc4c4ccc[c-]c4c3n2)c(C)c1.CCC(C)Cc1ccc(-n2c3ccc(-n4c5ccccc5c5ccccc54)cc3c3cc(-n4c5ccccc5c5ccccc54)ccc32)cc1.Cc1cc(C)c(-c2cn3c4ccccc4c4ccc[c-]c4c3n2)c(C)c1.[Ir]. The fraction of sp³-hybridized carbons (Fsp3) is 0.152. The van der Waals surface area contributed by atoms with E-state index in [-0.39, 0.29) is 20.1 Å². The molecule has 3 atom stereocenters. The summed E-state index contributed by atoms with van der Waals surface area (Å²) in [5.74, 6) is 1.98. The van der Waals surface area contributed by atoms with E-state index in [2.05, 4.69) is 460 Å². The monoisotopic (exact) mass is 2040 g/mol. The molecule has 16 aromatic carbocycles. The summed E-state index contributed by atoms with van der Waals surface area (Å²) in [4.78, 5) is 19.7. The van der Waals surface area contributed by atoms with Gasteiger partial charge in [-0.3, -0.25) is 19.9 Å². The largest absolute Gasteiger partial charge is 0.339 e. The number of hydrogen-bond donors (Lipinski definition) is 0. The zero-order valence-corrected chi connectivity index (χ0v) is 85.5. The Morgan fingerprint density at radius 2 is 0.556 bits per heavy atom. The van der Waals surface area contributed by atoms with Crippen molar-refractivity contribution in [3.8, 4) is 51.0 Å². The number of benzene rings is 16. The normalized spacial score (nSPS) is 12.4. The molecule has 144 heavy (non-hydrogen) atoms. The van der Waals surface area contributed by atoms with E-state index < -0.39 is 0 Å². The maximum atomic E-state index is 5.12. The summed E-state index contributed by atoms with van der Waals surface area (Å²) in [5, 5.41) is 16.9. The van der Waals surface area contributed by atoms with E-state index in [0.717, 1.165) is 92.6 Å². The van der Waals surface area contributed by atoms with Crippen molar-refractivity contribution < 1.29 is 20.1 Å². The summed E-state index contributed by atoms with van der Waals surface area (Å²) in [6.07, 6.45) is 15.0. The molecule has 0 saturated carbocycles. The molecule has 1 radical (unpaired) electrons. The second kappa shape index (κ2) is 38.1. The molecule has 0 amide bonds. The Bertz CT molecular complexity index is 8980. The Kier molecular flexibility index (Phi) is 24.2. The van der Waals surface area contributed by atoms with E-state index >= 15 is 0 Å². The van der Waals surface area contributed by atoms with Crippen LogP contribution >= 0.6 is 0 Å². The van der Waals surface area contributed by atoms with Crippen LogP contribution in [0.4, 0.5) is 0 Å². The van der Waals surface area contributed by atoms with E-state index in [0.29, 0.717) is 17.8 Å². The number of fused-ring (bicyclic) bond motifs is 27. The number of aromatic nitrogens is 11. The topological polar surface area (TPSA) is 85.0 Å². The molecule has 12 heteroatoms. The van der Waals surface area contributed by atoms with Gasteiger partial charge >= 0.3 is 0 Å². The molecule has 27 rings (SSSR count). The third-order valence-corrected chi connectivity index (χ3v) is 30.0. The van der Waals surface area contributed by atoms with Crippen molar-refractivity contribution in [2.45, 2.75) is 115 Å². The average Bonchev–Trinajstić information content (AvgIpc) is 1.48. The molecule has 11 aromatic heterocycles. The van der Waals surface area contributed by atoms with Gasteiger partial charge in [-0.2, -0.15) is 0 Å². The Morgan fingerprint density at radius 1 is 0.257 bits per heavy atom. The minimum atomic E-state index is 0. The standard InChI is InChI=1S/C47H37N3.C33H28N4.C28H27N2.C24H19N2.Ir/c1-3-31(2)28-32-20-22-33(23-21-32)48-46-26-24-34(49-42-16-8-4-12-36(42)37-13-5-9-17-43(37)49)29-40(46)41-30-35(25-27-47(41)48)50-44-18-10-6-14-38(44)39-15-7-11-19-45(39)50;1-3-22(2)18-23-19-24(36-28-12-6-4-10-26(28)32-30(36)14-8-16-34-32)21-25(20-23)37-29-13-7-5-11-27(29)33-31(37)15-9-17-35-33;1-5-18(2)14-21-15-19(3)27(20(4)16-21)25-17-30-26-13-9-8-11-23(26)22-10-6-7-12-24(22)28(30)29-25;1-15-12-16(2)23(17(3)13-15)21-14-26-22-11-7-6-9-19(22)18-8-4-5-10-20(18)24(26)25-21;/h4-27,29-31H,3,28H2,1-2H3;4-17,19-22H,3,18H2,1-2H3;6-11,13,15-18H,5,14H2,1-4H3;4-9,11-14H,1-3H3;/q;;2*-1;. The van der Waals surface area contributed by atoms with Crippen molar-refractivity contribution in [2.75, 3.05) is 0 Å². The van der Waals surface area contributed by atoms with Gasteiger partial charge < -0.3 is 31.6 Å². The quantitative estimate of drug-likeness (QED) is 0.0713. The summed E-state index contributed by atoms with van der Waals surface area (Å²) >= 11 is 0. The van der Waals surface area contributed by atoms with Gasteiger partial charge in [-0.25, -0.2) is 0 Å². The molecule has 0 fully saturated rings. The Labute approximate surface area is 852 Å². The van der Waals surface area contributed by atoms with E-state index in [9.17, 15) is 0 Å². The van der Waals surface area contributed by atoms with Gasteiger partial charge in [-0.05, 0) is 261 Å². The van der Waals surface area contributed by atoms with Crippen LogP contribution in [0, 0.1) is 64.5 Å². The van der Waals surface area contributed by atoms with Crippen LogP contribution in [0.5, 0.6) is 0 Å². The minimum Gasteiger partial charge on any atom is -0.339 e. The van der Waals surface area contributed by atoms with Gasteiger partial charge in [0.1, 0.15) is 0 Å².